The number of alkyl halides is 1. The second-order valence-corrected chi connectivity index (χ2v) is 3.91. The van der Waals surface area contributed by atoms with Gasteiger partial charge in [0.15, 0.2) is 5.82 Å². The monoisotopic (exact) mass is 265 g/mol. The van der Waals surface area contributed by atoms with E-state index in [0.717, 1.165) is 0 Å². The van der Waals surface area contributed by atoms with E-state index in [-0.39, 0.29) is 5.88 Å². The Morgan fingerprint density at radius 3 is 2.78 bits per heavy atom. The highest BCUT2D eigenvalue weighted by molar-refractivity contribution is 6.16. The Morgan fingerprint density at radius 1 is 1.39 bits per heavy atom. The maximum Gasteiger partial charge on any atom is 0.339 e. The summed E-state index contributed by atoms with van der Waals surface area (Å²) >= 11 is 5.82. The smallest absolute Gasteiger partial charge is 0.339 e. The summed E-state index contributed by atoms with van der Waals surface area (Å²) in [5.74, 6) is 1.07. The third-order valence-electron chi connectivity index (χ3n) is 2.56. The predicted molar refractivity (Wildman–Crippen MR) is 67.0 cm³/mol. The van der Waals surface area contributed by atoms with Crippen molar-refractivity contribution in [3.63, 3.8) is 0 Å². The van der Waals surface area contributed by atoms with E-state index in [4.69, 9.17) is 16.3 Å². The van der Waals surface area contributed by atoms with Gasteiger partial charge in [0, 0.05) is 0 Å². The minimum Gasteiger partial charge on any atom is -0.465 e. The van der Waals surface area contributed by atoms with Crippen LogP contribution in [0.1, 0.15) is 22.0 Å². The number of carbonyl (C=O) groups is 1. The van der Waals surface area contributed by atoms with Crippen LogP contribution < -0.4 is 0 Å². The van der Waals surface area contributed by atoms with Gasteiger partial charge in [0.05, 0.1) is 24.2 Å². The first-order valence-corrected chi connectivity index (χ1v) is 5.87. The normalized spacial score (nSPS) is 10.4. The van der Waals surface area contributed by atoms with Crippen LogP contribution in [0.4, 0.5) is 0 Å². The van der Waals surface area contributed by atoms with Crippen LogP contribution in [-0.2, 0) is 10.6 Å². The lowest BCUT2D eigenvalue weighted by Crippen LogP contribution is -2.10. The Labute approximate surface area is 109 Å². The minimum atomic E-state index is -0.403. The van der Waals surface area contributed by atoms with Crippen LogP contribution in [0.2, 0.25) is 0 Å². The van der Waals surface area contributed by atoms with Gasteiger partial charge in [-0.3, -0.25) is 4.57 Å². The summed E-state index contributed by atoms with van der Waals surface area (Å²) in [5, 5.41) is 7.93. The first-order chi connectivity index (χ1) is 8.69. The van der Waals surface area contributed by atoms with E-state index in [2.05, 4.69) is 10.2 Å². The van der Waals surface area contributed by atoms with Gasteiger partial charge in [0.2, 0.25) is 0 Å². The second-order valence-electron chi connectivity index (χ2n) is 3.64. The molecule has 0 N–H and O–H groups in total. The molecule has 0 amide bonds. The van der Waals surface area contributed by atoms with Gasteiger partial charge >= 0.3 is 5.97 Å². The Hall–Kier alpha value is -1.88. The molecule has 2 aromatic rings. The molecular weight excluding hydrogens is 254 g/mol. The van der Waals surface area contributed by atoms with Gasteiger partial charge in [-0.15, -0.1) is 21.8 Å². The Balaban J connectivity index is 2.63. The van der Waals surface area contributed by atoms with Crippen molar-refractivity contribution in [3.8, 4) is 5.69 Å². The van der Waals surface area contributed by atoms with Crippen molar-refractivity contribution in [2.75, 3.05) is 7.11 Å². The molecule has 1 heterocycles. The van der Waals surface area contributed by atoms with Crippen LogP contribution in [0.3, 0.4) is 0 Å². The second kappa shape index (κ2) is 5.18. The molecule has 94 valence electrons. The van der Waals surface area contributed by atoms with Crippen LogP contribution in [0.25, 0.3) is 5.69 Å². The van der Waals surface area contributed by atoms with Crippen LogP contribution >= 0.6 is 11.6 Å². The Kier molecular flexibility index (Phi) is 3.62. The fourth-order valence-corrected chi connectivity index (χ4v) is 1.93. The van der Waals surface area contributed by atoms with Gasteiger partial charge < -0.3 is 4.74 Å². The van der Waals surface area contributed by atoms with E-state index < -0.39 is 5.97 Å². The number of hydrogen-bond donors (Lipinski definition) is 0. The van der Waals surface area contributed by atoms with Crippen molar-refractivity contribution < 1.29 is 9.53 Å². The van der Waals surface area contributed by atoms with Crippen molar-refractivity contribution >= 4 is 17.6 Å². The number of benzene rings is 1. The molecule has 0 aliphatic heterocycles. The number of aromatic nitrogens is 3. The minimum absolute atomic E-state index is 0.219. The quantitative estimate of drug-likeness (QED) is 0.630. The maximum absolute atomic E-state index is 11.7. The summed E-state index contributed by atoms with van der Waals surface area (Å²) in [5.41, 5.74) is 1.12. The highest BCUT2D eigenvalue weighted by atomic mass is 35.5. The number of ether oxygens (including phenoxy) is 1. The zero-order valence-corrected chi connectivity index (χ0v) is 10.8. The summed E-state index contributed by atoms with van der Waals surface area (Å²) in [4.78, 5) is 11.7. The first-order valence-electron chi connectivity index (χ1n) is 5.33. The fraction of sp³-hybridized carbons (Fsp3) is 0.250. The van der Waals surface area contributed by atoms with Gasteiger partial charge in [-0.05, 0) is 19.1 Å². The molecule has 6 heteroatoms. The topological polar surface area (TPSA) is 57.0 Å². The van der Waals surface area contributed by atoms with Crippen molar-refractivity contribution in [2.45, 2.75) is 12.8 Å². The number of carbonyl (C=O) groups excluding carboxylic acids is 1. The molecule has 1 aromatic heterocycles. The third kappa shape index (κ3) is 2.09. The molecule has 0 fully saturated rings. The summed E-state index contributed by atoms with van der Waals surface area (Å²) in [6.45, 7) is 1.80. The number of para-hydroxylation sites is 1. The van der Waals surface area contributed by atoms with Gasteiger partial charge in [-0.25, -0.2) is 4.79 Å². The van der Waals surface area contributed by atoms with E-state index in [9.17, 15) is 4.79 Å². The van der Waals surface area contributed by atoms with E-state index in [1.807, 2.05) is 6.07 Å². The molecule has 0 bridgehead atoms. The largest absolute Gasteiger partial charge is 0.465 e. The molecule has 0 unspecified atom stereocenters. The van der Waals surface area contributed by atoms with Crippen molar-refractivity contribution in [3.05, 3.63) is 41.5 Å². The van der Waals surface area contributed by atoms with Crippen LogP contribution in [0.15, 0.2) is 24.3 Å². The molecular formula is C12H12ClN3O2. The molecule has 0 atom stereocenters. The number of hydrogen-bond acceptors (Lipinski definition) is 4. The molecule has 0 spiro atoms. The standard InChI is InChI=1S/C12H12ClN3O2/c1-8-14-15-11(7-13)16(8)10-6-4-3-5-9(10)12(17)18-2/h3-6H,7H2,1-2H3. The molecule has 1 aromatic carbocycles. The van der Waals surface area contributed by atoms with Crippen molar-refractivity contribution in [1.29, 1.82) is 0 Å². The average Bonchev–Trinajstić information content (AvgIpc) is 2.78. The molecule has 0 saturated heterocycles. The molecule has 0 aliphatic carbocycles. The van der Waals surface area contributed by atoms with Crippen LogP contribution in [-0.4, -0.2) is 27.8 Å². The van der Waals surface area contributed by atoms with E-state index in [1.54, 1.807) is 29.7 Å². The first kappa shape index (κ1) is 12.6. The number of halogens is 1. The zero-order chi connectivity index (χ0) is 13.1. The van der Waals surface area contributed by atoms with Crippen molar-refractivity contribution in [2.24, 2.45) is 0 Å². The van der Waals surface area contributed by atoms with Gasteiger partial charge in [0.25, 0.3) is 0 Å². The maximum atomic E-state index is 11.7. The number of methoxy groups -OCH3 is 1. The lowest BCUT2D eigenvalue weighted by molar-refractivity contribution is 0.0601. The lowest BCUT2D eigenvalue weighted by Gasteiger charge is -2.11. The SMILES string of the molecule is COC(=O)c1ccccc1-n1c(C)nnc1CCl. The molecule has 18 heavy (non-hydrogen) atoms. The third-order valence-corrected chi connectivity index (χ3v) is 2.80. The van der Waals surface area contributed by atoms with E-state index in [0.29, 0.717) is 22.9 Å². The number of nitrogens with zero attached hydrogens (tertiary/aromatic N) is 3. The lowest BCUT2D eigenvalue weighted by atomic mass is 10.1. The highest BCUT2D eigenvalue weighted by Gasteiger charge is 2.17. The number of rotatable bonds is 3. The number of esters is 1. The Morgan fingerprint density at radius 2 is 2.11 bits per heavy atom. The van der Waals surface area contributed by atoms with Crippen LogP contribution in [0.5, 0.6) is 0 Å². The average molecular weight is 266 g/mol. The summed E-state index contributed by atoms with van der Waals surface area (Å²) in [6.07, 6.45) is 0. The Bertz CT molecular complexity index is 580. The van der Waals surface area contributed by atoms with Crippen LogP contribution in [0, 0.1) is 6.92 Å². The van der Waals surface area contributed by atoms with Gasteiger partial charge in [-0.2, -0.15) is 0 Å². The number of aryl methyl sites for hydroxylation is 1. The highest BCUT2D eigenvalue weighted by Crippen LogP contribution is 2.19. The summed E-state index contributed by atoms with van der Waals surface area (Å²) in [7, 11) is 1.35. The molecule has 0 radical (unpaired) electrons. The molecule has 0 aliphatic rings. The molecule has 5 nitrogen and oxygen atoms in total. The predicted octanol–water partition coefficient (Wildman–Crippen LogP) is 2.10. The fourth-order valence-electron chi connectivity index (χ4n) is 1.76. The zero-order valence-electron chi connectivity index (χ0n) is 10.1. The molecule has 2 rings (SSSR count). The van der Waals surface area contributed by atoms with Gasteiger partial charge in [-0.1, -0.05) is 12.1 Å². The summed E-state index contributed by atoms with van der Waals surface area (Å²) < 4.78 is 6.51. The summed E-state index contributed by atoms with van der Waals surface area (Å²) in [6, 6.07) is 7.10. The molecule has 0 saturated carbocycles. The van der Waals surface area contributed by atoms with E-state index >= 15 is 0 Å². The van der Waals surface area contributed by atoms with Gasteiger partial charge in [0.1, 0.15) is 5.82 Å². The van der Waals surface area contributed by atoms with Crippen molar-refractivity contribution in [1.82, 2.24) is 14.8 Å². The van der Waals surface area contributed by atoms with E-state index in [1.165, 1.54) is 7.11 Å².